The van der Waals surface area contributed by atoms with Crippen LogP contribution in [0.1, 0.15) is 316 Å². The van der Waals surface area contributed by atoms with Crippen LogP contribution in [0.4, 0.5) is 0 Å². The summed E-state index contributed by atoms with van der Waals surface area (Å²) < 4.78 is 16.9. The van der Waals surface area contributed by atoms with E-state index in [0.29, 0.717) is 19.3 Å². The van der Waals surface area contributed by atoms with Crippen LogP contribution in [0, 0.1) is 0 Å². The number of carbonyl (C=O) groups excluding carboxylic acids is 3. The largest absolute Gasteiger partial charge is 0.462 e. The summed E-state index contributed by atoms with van der Waals surface area (Å²) in [7, 11) is 0. The summed E-state index contributed by atoms with van der Waals surface area (Å²) in [6.45, 7) is 6.52. The zero-order chi connectivity index (χ0) is 54.3. The molecule has 0 aromatic carbocycles. The van der Waals surface area contributed by atoms with Crippen molar-refractivity contribution in [2.75, 3.05) is 13.2 Å². The summed E-state index contributed by atoms with van der Waals surface area (Å²) in [4.78, 5) is 38.4. The topological polar surface area (TPSA) is 78.9 Å². The molecule has 0 saturated carbocycles. The number of hydrogen-bond donors (Lipinski definition) is 0. The van der Waals surface area contributed by atoms with Crippen molar-refractivity contribution in [3.8, 4) is 0 Å². The maximum Gasteiger partial charge on any atom is 0.306 e. The average molecular weight is 1050 g/mol. The van der Waals surface area contributed by atoms with E-state index in [-0.39, 0.29) is 31.1 Å². The van der Waals surface area contributed by atoms with Crippen LogP contribution >= 0.6 is 0 Å². The zero-order valence-corrected chi connectivity index (χ0v) is 49.6. The first-order chi connectivity index (χ1) is 37.0. The molecule has 0 amide bonds. The number of rotatable bonds is 58. The van der Waals surface area contributed by atoms with Crippen LogP contribution in [0.2, 0.25) is 0 Å². The molecule has 1 atom stereocenters. The molecule has 0 aliphatic rings. The summed E-state index contributed by atoms with van der Waals surface area (Å²) >= 11 is 0. The van der Waals surface area contributed by atoms with Crippen LogP contribution in [-0.2, 0) is 28.6 Å². The standard InChI is InChI=1S/C69H120O6/c1-4-7-10-13-16-19-22-25-28-31-33-34-36-38-41-44-47-50-53-56-59-62-68(71)74-65-66(64-73-67(70)61-58-55-52-49-46-43-40-37-30-27-24-21-18-15-12-9-6-3)75-69(72)63-60-57-54-51-48-45-42-39-35-32-29-26-23-20-17-14-11-8-5-2/h7,10,16,18-19,21,25-30,33-34,66H,4-6,8-9,11-15,17,20,22-24,31-32,35-65H2,1-3H3/b10-7-,19-16-,21-18-,28-25-,29-26-,30-27-,34-33-. The molecule has 0 heterocycles. The van der Waals surface area contributed by atoms with Gasteiger partial charge in [-0.25, -0.2) is 0 Å². The Labute approximate surface area is 465 Å². The van der Waals surface area contributed by atoms with Crippen LogP contribution < -0.4 is 0 Å². The van der Waals surface area contributed by atoms with Gasteiger partial charge in [0, 0.05) is 19.3 Å². The molecule has 6 heteroatoms. The predicted octanol–water partition coefficient (Wildman–Crippen LogP) is 21.9. The molecule has 0 aromatic rings. The Morgan fingerprint density at radius 1 is 0.280 bits per heavy atom. The predicted molar refractivity (Wildman–Crippen MR) is 325 cm³/mol. The van der Waals surface area contributed by atoms with Gasteiger partial charge in [-0.15, -0.1) is 0 Å². The lowest BCUT2D eigenvalue weighted by molar-refractivity contribution is -0.167. The lowest BCUT2D eigenvalue weighted by Crippen LogP contribution is -2.30. The molecule has 0 spiro atoms. The van der Waals surface area contributed by atoms with Gasteiger partial charge < -0.3 is 14.2 Å². The fraction of sp³-hybridized carbons (Fsp3) is 0.754. The maximum atomic E-state index is 12.9. The van der Waals surface area contributed by atoms with Crippen LogP contribution in [0.3, 0.4) is 0 Å². The van der Waals surface area contributed by atoms with Crippen molar-refractivity contribution in [2.45, 2.75) is 322 Å². The van der Waals surface area contributed by atoms with Gasteiger partial charge in [0.25, 0.3) is 0 Å². The van der Waals surface area contributed by atoms with E-state index in [1.54, 1.807) is 0 Å². The van der Waals surface area contributed by atoms with Gasteiger partial charge in [-0.2, -0.15) is 0 Å². The van der Waals surface area contributed by atoms with E-state index in [0.717, 1.165) is 103 Å². The van der Waals surface area contributed by atoms with E-state index >= 15 is 0 Å². The number of ether oxygens (including phenoxy) is 3. The second-order valence-corrected chi connectivity index (χ2v) is 21.3. The SMILES string of the molecule is CC/C=C\C/C=C\C/C=C\C/C=C\CCCCCCCCCCC(=O)OCC(COC(=O)CCCCCCCCC/C=C\C/C=C\CCCCC)OC(=O)CCCCCCCCCCC/C=C\CCCCCCCC. The van der Waals surface area contributed by atoms with Gasteiger partial charge in [0.2, 0.25) is 0 Å². The Balaban J connectivity index is 4.40. The lowest BCUT2D eigenvalue weighted by atomic mass is 10.1. The van der Waals surface area contributed by atoms with Gasteiger partial charge in [0.05, 0.1) is 0 Å². The van der Waals surface area contributed by atoms with Crippen molar-refractivity contribution in [2.24, 2.45) is 0 Å². The van der Waals surface area contributed by atoms with Gasteiger partial charge in [-0.05, 0) is 116 Å². The molecular weight excluding hydrogens is 925 g/mol. The number of allylic oxidation sites excluding steroid dienone is 14. The number of hydrogen-bond acceptors (Lipinski definition) is 6. The first kappa shape index (κ1) is 71.6. The molecule has 0 aromatic heterocycles. The molecule has 0 N–H and O–H groups in total. The van der Waals surface area contributed by atoms with Crippen LogP contribution in [0.15, 0.2) is 85.1 Å². The molecule has 1 unspecified atom stereocenters. The van der Waals surface area contributed by atoms with E-state index in [9.17, 15) is 14.4 Å². The Kier molecular flexibility index (Phi) is 60.3. The van der Waals surface area contributed by atoms with Gasteiger partial charge in [0.1, 0.15) is 13.2 Å². The molecule has 0 aliphatic heterocycles. The second-order valence-electron chi connectivity index (χ2n) is 21.3. The average Bonchev–Trinajstić information content (AvgIpc) is 3.41. The summed E-state index contributed by atoms with van der Waals surface area (Å²) in [6.07, 6.45) is 82.9. The minimum Gasteiger partial charge on any atom is -0.462 e. The van der Waals surface area contributed by atoms with E-state index in [1.807, 2.05) is 0 Å². The summed E-state index contributed by atoms with van der Waals surface area (Å²) in [6, 6.07) is 0. The van der Waals surface area contributed by atoms with Gasteiger partial charge in [-0.3, -0.25) is 14.4 Å². The van der Waals surface area contributed by atoms with Gasteiger partial charge >= 0.3 is 17.9 Å². The fourth-order valence-electron chi connectivity index (χ4n) is 9.05. The highest BCUT2D eigenvalue weighted by Crippen LogP contribution is 2.16. The number of esters is 3. The van der Waals surface area contributed by atoms with Crippen molar-refractivity contribution < 1.29 is 28.6 Å². The molecular formula is C69H120O6. The molecule has 0 aliphatic carbocycles. The third-order valence-corrected chi connectivity index (χ3v) is 13.9. The molecule has 0 bridgehead atoms. The molecule has 432 valence electrons. The second kappa shape index (κ2) is 63.1. The minimum atomic E-state index is -0.786. The number of unbranched alkanes of at least 4 members (excludes halogenated alkanes) is 33. The minimum absolute atomic E-state index is 0.0829. The Bertz CT molecular complexity index is 1430. The monoisotopic (exact) mass is 1040 g/mol. The first-order valence-electron chi connectivity index (χ1n) is 32.1. The highest BCUT2D eigenvalue weighted by Gasteiger charge is 2.19. The van der Waals surface area contributed by atoms with Crippen molar-refractivity contribution in [3.63, 3.8) is 0 Å². The third kappa shape index (κ3) is 61.3. The van der Waals surface area contributed by atoms with Crippen LogP contribution in [0.25, 0.3) is 0 Å². The summed E-state index contributed by atoms with van der Waals surface area (Å²) in [5, 5.41) is 0. The molecule has 0 saturated heterocycles. The molecule has 0 fully saturated rings. The highest BCUT2D eigenvalue weighted by atomic mass is 16.6. The smallest absolute Gasteiger partial charge is 0.306 e. The molecule has 0 rings (SSSR count). The maximum absolute atomic E-state index is 12.9. The Morgan fingerprint density at radius 3 is 0.853 bits per heavy atom. The Hall–Kier alpha value is -3.41. The molecule has 6 nitrogen and oxygen atoms in total. The van der Waals surface area contributed by atoms with Gasteiger partial charge in [-0.1, -0.05) is 266 Å². The van der Waals surface area contributed by atoms with E-state index in [2.05, 4.69) is 106 Å². The van der Waals surface area contributed by atoms with Crippen LogP contribution in [0.5, 0.6) is 0 Å². The first-order valence-corrected chi connectivity index (χ1v) is 32.1. The van der Waals surface area contributed by atoms with Gasteiger partial charge in [0.15, 0.2) is 6.10 Å². The third-order valence-electron chi connectivity index (χ3n) is 13.9. The van der Waals surface area contributed by atoms with Crippen LogP contribution in [-0.4, -0.2) is 37.2 Å². The Morgan fingerprint density at radius 2 is 0.520 bits per heavy atom. The van der Waals surface area contributed by atoms with Crippen molar-refractivity contribution in [1.82, 2.24) is 0 Å². The van der Waals surface area contributed by atoms with E-state index in [1.165, 1.54) is 173 Å². The van der Waals surface area contributed by atoms with Crippen molar-refractivity contribution >= 4 is 17.9 Å². The van der Waals surface area contributed by atoms with Crippen molar-refractivity contribution in [1.29, 1.82) is 0 Å². The van der Waals surface area contributed by atoms with Crippen molar-refractivity contribution in [3.05, 3.63) is 85.1 Å². The number of carbonyl (C=O) groups is 3. The normalized spacial score (nSPS) is 12.6. The summed E-state index contributed by atoms with van der Waals surface area (Å²) in [5.74, 6) is -0.887. The van der Waals surface area contributed by atoms with E-state index in [4.69, 9.17) is 14.2 Å². The highest BCUT2D eigenvalue weighted by molar-refractivity contribution is 5.71. The lowest BCUT2D eigenvalue weighted by Gasteiger charge is -2.18. The molecule has 0 radical (unpaired) electrons. The quantitative estimate of drug-likeness (QED) is 0.0261. The molecule has 75 heavy (non-hydrogen) atoms. The fourth-order valence-corrected chi connectivity index (χ4v) is 9.05. The van der Waals surface area contributed by atoms with E-state index < -0.39 is 6.10 Å². The summed E-state index contributed by atoms with van der Waals surface area (Å²) in [5.41, 5.74) is 0. The zero-order valence-electron chi connectivity index (χ0n) is 49.6.